The predicted molar refractivity (Wildman–Crippen MR) is 100 cm³/mol. The third kappa shape index (κ3) is 3.76. The van der Waals surface area contributed by atoms with Crippen LogP contribution < -0.4 is 4.74 Å². The van der Waals surface area contributed by atoms with Gasteiger partial charge in [-0.2, -0.15) is 4.91 Å². The molecule has 130 valence electrons. The van der Waals surface area contributed by atoms with Crippen LogP contribution in [0.25, 0.3) is 0 Å². The number of ether oxygens (including phenoxy) is 1. The first-order valence-corrected chi connectivity index (χ1v) is 9.46. The zero-order valence-electron chi connectivity index (χ0n) is 14.6. The standard InChI is InChI=1S/C22H25NO2/c24-23-15-17-13-20(17)19-11-6-12-22-21(19)14-18(25-22)10-5-4-9-16-7-2-1-3-8-16/h1-3,6-8,11-12,17-18,20H,4-5,9-10,13-15H2/t17-,18+,20?/m0/s1. The number of nitroso groups, excluding NO2 is 1. The summed E-state index contributed by atoms with van der Waals surface area (Å²) in [7, 11) is 0. The number of rotatable bonds is 8. The van der Waals surface area contributed by atoms with Crippen molar-refractivity contribution in [1.29, 1.82) is 0 Å². The maximum Gasteiger partial charge on any atom is 0.123 e. The topological polar surface area (TPSA) is 38.7 Å². The second-order valence-corrected chi connectivity index (χ2v) is 7.41. The molecular weight excluding hydrogens is 310 g/mol. The number of nitrogens with zero attached hydrogens (tertiary/aromatic N) is 1. The van der Waals surface area contributed by atoms with E-state index in [1.54, 1.807) is 0 Å². The Morgan fingerprint density at radius 3 is 2.76 bits per heavy atom. The van der Waals surface area contributed by atoms with Crippen molar-refractivity contribution < 1.29 is 4.74 Å². The van der Waals surface area contributed by atoms with Crippen LogP contribution in [0.4, 0.5) is 0 Å². The minimum absolute atomic E-state index is 0.313. The highest BCUT2D eigenvalue weighted by atomic mass is 16.5. The van der Waals surface area contributed by atoms with E-state index in [0.29, 0.717) is 24.5 Å². The highest BCUT2D eigenvalue weighted by Crippen LogP contribution is 2.51. The Morgan fingerprint density at radius 2 is 1.92 bits per heavy atom. The molecule has 0 aromatic heterocycles. The normalized spacial score (nSPS) is 23.8. The quantitative estimate of drug-likeness (QED) is 0.487. The molecular formula is C22H25NO2. The molecule has 1 fully saturated rings. The van der Waals surface area contributed by atoms with Gasteiger partial charge < -0.3 is 4.74 Å². The Hall–Kier alpha value is -2.16. The fourth-order valence-electron chi connectivity index (χ4n) is 4.14. The van der Waals surface area contributed by atoms with Crippen molar-refractivity contribution in [3.63, 3.8) is 0 Å². The van der Waals surface area contributed by atoms with E-state index in [4.69, 9.17) is 4.74 Å². The van der Waals surface area contributed by atoms with Gasteiger partial charge in [0, 0.05) is 12.0 Å². The summed E-state index contributed by atoms with van der Waals surface area (Å²) in [6.45, 7) is 0.456. The van der Waals surface area contributed by atoms with Crippen molar-refractivity contribution in [2.75, 3.05) is 6.54 Å². The predicted octanol–water partition coefficient (Wildman–Crippen LogP) is 5.27. The fraction of sp³-hybridized carbons (Fsp3) is 0.455. The van der Waals surface area contributed by atoms with E-state index in [-0.39, 0.29) is 0 Å². The molecule has 0 N–H and O–H groups in total. The van der Waals surface area contributed by atoms with Crippen LogP contribution in [0.15, 0.2) is 53.7 Å². The lowest BCUT2D eigenvalue weighted by molar-refractivity contribution is 0.217. The Morgan fingerprint density at radius 1 is 1.04 bits per heavy atom. The van der Waals surface area contributed by atoms with Gasteiger partial charge in [-0.05, 0) is 61.1 Å². The number of unbranched alkanes of at least 4 members (excludes halogenated alkanes) is 1. The van der Waals surface area contributed by atoms with Gasteiger partial charge in [-0.1, -0.05) is 47.6 Å². The Bertz CT molecular complexity index is 728. The van der Waals surface area contributed by atoms with Crippen LogP contribution in [0.5, 0.6) is 5.75 Å². The van der Waals surface area contributed by atoms with E-state index in [1.807, 2.05) is 0 Å². The van der Waals surface area contributed by atoms with Crippen LogP contribution in [0, 0.1) is 10.8 Å². The monoisotopic (exact) mass is 335 g/mol. The van der Waals surface area contributed by atoms with Crippen molar-refractivity contribution >= 4 is 0 Å². The van der Waals surface area contributed by atoms with Crippen LogP contribution >= 0.6 is 0 Å². The zero-order valence-corrected chi connectivity index (χ0v) is 14.6. The maximum atomic E-state index is 10.5. The van der Waals surface area contributed by atoms with Gasteiger partial charge in [0.1, 0.15) is 11.9 Å². The molecule has 4 rings (SSSR count). The van der Waals surface area contributed by atoms with Crippen LogP contribution in [0.3, 0.4) is 0 Å². The summed E-state index contributed by atoms with van der Waals surface area (Å²) in [5, 5.41) is 3.08. The van der Waals surface area contributed by atoms with E-state index >= 15 is 0 Å². The molecule has 0 bridgehead atoms. The van der Waals surface area contributed by atoms with Crippen molar-refractivity contribution in [3.8, 4) is 5.75 Å². The first-order chi connectivity index (χ1) is 12.3. The molecule has 3 atom stereocenters. The summed E-state index contributed by atoms with van der Waals surface area (Å²) in [4.78, 5) is 10.5. The number of aryl methyl sites for hydroxylation is 1. The second kappa shape index (κ2) is 7.38. The molecule has 2 aromatic rings. The molecule has 25 heavy (non-hydrogen) atoms. The van der Waals surface area contributed by atoms with Crippen molar-refractivity contribution in [2.24, 2.45) is 11.1 Å². The lowest BCUT2D eigenvalue weighted by atomic mass is 9.96. The molecule has 0 radical (unpaired) electrons. The largest absolute Gasteiger partial charge is 0.490 e. The van der Waals surface area contributed by atoms with Gasteiger partial charge in [0.25, 0.3) is 0 Å². The molecule has 2 aromatic carbocycles. The van der Waals surface area contributed by atoms with Gasteiger partial charge in [0.15, 0.2) is 0 Å². The molecule has 0 amide bonds. The minimum Gasteiger partial charge on any atom is -0.490 e. The van der Waals surface area contributed by atoms with E-state index in [0.717, 1.165) is 31.4 Å². The van der Waals surface area contributed by atoms with Crippen LogP contribution in [0.1, 0.15) is 48.3 Å². The first kappa shape index (κ1) is 16.3. The van der Waals surface area contributed by atoms with Crippen molar-refractivity contribution in [1.82, 2.24) is 0 Å². The highest BCUT2D eigenvalue weighted by molar-refractivity contribution is 5.47. The number of fused-ring (bicyclic) bond motifs is 1. The molecule has 1 aliphatic heterocycles. The molecule has 3 heteroatoms. The summed E-state index contributed by atoms with van der Waals surface area (Å²) >= 11 is 0. The lowest BCUT2D eigenvalue weighted by Gasteiger charge is -2.10. The van der Waals surface area contributed by atoms with Crippen molar-refractivity contribution in [3.05, 3.63) is 70.1 Å². The second-order valence-electron chi connectivity index (χ2n) is 7.41. The van der Waals surface area contributed by atoms with E-state index in [9.17, 15) is 4.91 Å². The molecule has 3 nitrogen and oxygen atoms in total. The van der Waals surface area contributed by atoms with Gasteiger partial charge in [-0.3, -0.25) is 0 Å². The van der Waals surface area contributed by atoms with Crippen LogP contribution in [-0.4, -0.2) is 12.6 Å². The highest BCUT2D eigenvalue weighted by Gasteiger charge is 2.41. The maximum absolute atomic E-state index is 10.5. The number of hydrogen-bond donors (Lipinski definition) is 0. The zero-order chi connectivity index (χ0) is 17.1. The number of benzene rings is 2. The van der Waals surface area contributed by atoms with Gasteiger partial charge >= 0.3 is 0 Å². The van der Waals surface area contributed by atoms with E-state index < -0.39 is 0 Å². The molecule has 0 spiro atoms. The van der Waals surface area contributed by atoms with Gasteiger partial charge in [-0.25, -0.2) is 0 Å². The summed E-state index contributed by atoms with van der Waals surface area (Å²) in [5.74, 6) is 2.04. The van der Waals surface area contributed by atoms with Gasteiger partial charge in [0.2, 0.25) is 0 Å². The van der Waals surface area contributed by atoms with Crippen LogP contribution in [0.2, 0.25) is 0 Å². The molecule has 2 aliphatic rings. The average Bonchev–Trinajstić information content (AvgIpc) is 3.27. The molecule has 1 heterocycles. The van der Waals surface area contributed by atoms with E-state index in [1.165, 1.54) is 29.5 Å². The van der Waals surface area contributed by atoms with Gasteiger partial charge in [0.05, 0.1) is 6.54 Å². The Balaban J connectivity index is 1.29. The summed E-state index contributed by atoms with van der Waals surface area (Å²) in [6.07, 6.45) is 7.11. The summed E-state index contributed by atoms with van der Waals surface area (Å²) < 4.78 is 6.19. The smallest absolute Gasteiger partial charge is 0.123 e. The van der Waals surface area contributed by atoms with Crippen molar-refractivity contribution in [2.45, 2.75) is 50.5 Å². The molecule has 1 unspecified atom stereocenters. The van der Waals surface area contributed by atoms with Crippen LogP contribution in [-0.2, 0) is 12.8 Å². The summed E-state index contributed by atoms with van der Waals surface area (Å²) in [5.41, 5.74) is 4.20. The SMILES string of the molecule is O=NC[C@@H]1CC1c1cccc2c1C[C@@H](CCCCc1ccccc1)O2. The van der Waals surface area contributed by atoms with E-state index in [2.05, 4.69) is 53.7 Å². The number of hydrogen-bond acceptors (Lipinski definition) is 3. The lowest BCUT2D eigenvalue weighted by Crippen LogP contribution is -2.12. The molecule has 0 saturated heterocycles. The minimum atomic E-state index is 0.313. The van der Waals surface area contributed by atoms with Gasteiger partial charge in [-0.15, -0.1) is 0 Å². The average molecular weight is 335 g/mol. The third-order valence-electron chi connectivity index (χ3n) is 5.61. The third-order valence-corrected chi connectivity index (χ3v) is 5.61. The Kier molecular flexibility index (Phi) is 4.82. The summed E-state index contributed by atoms with van der Waals surface area (Å²) in [6, 6.07) is 17.1. The fourth-order valence-corrected chi connectivity index (χ4v) is 4.14. The first-order valence-electron chi connectivity index (χ1n) is 9.46. The Labute approximate surface area is 149 Å². The molecule has 1 saturated carbocycles. The molecule has 1 aliphatic carbocycles.